The molecule has 0 saturated carbocycles. The third kappa shape index (κ3) is 4.93. The number of rotatable bonds is 6. The Morgan fingerprint density at radius 3 is 2.48 bits per heavy atom. The number of amides is 1. The lowest BCUT2D eigenvalue weighted by Crippen LogP contribution is -2.38. The third-order valence-corrected chi connectivity index (χ3v) is 6.24. The van der Waals surface area contributed by atoms with E-state index in [9.17, 15) is 13.2 Å². The lowest BCUT2D eigenvalue weighted by Gasteiger charge is -2.26. The number of sulfonamides is 1. The first kappa shape index (κ1) is 20.8. The minimum atomic E-state index is -3.95. The monoisotopic (exact) mass is 429 g/mol. The summed E-state index contributed by atoms with van der Waals surface area (Å²) in [6.07, 6.45) is 1.46. The Morgan fingerprint density at radius 2 is 1.79 bits per heavy atom. The van der Waals surface area contributed by atoms with Gasteiger partial charge in [-0.1, -0.05) is 41.9 Å². The van der Waals surface area contributed by atoms with E-state index in [-0.39, 0.29) is 16.6 Å². The molecule has 1 aromatic heterocycles. The molecule has 0 radical (unpaired) electrons. The number of nitrogens with one attached hydrogen (secondary N) is 1. The van der Waals surface area contributed by atoms with Crippen LogP contribution in [0.5, 0.6) is 0 Å². The normalized spacial score (nSPS) is 11.1. The highest BCUT2D eigenvalue weighted by Gasteiger charge is 2.28. The minimum absolute atomic E-state index is 0.112. The maximum Gasteiger partial charge on any atom is 0.264 e. The molecule has 3 rings (SSSR count). The highest BCUT2D eigenvalue weighted by Crippen LogP contribution is 2.28. The van der Waals surface area contributed by atoms with Gasteiger partial charge < -0.3 is 5.32 Å². The zero-order valence-electron chi connectivity index (χ0n) is 16.0. The molecule has 0 atom stereocenters. The minimum Gasteiger partial charge on any atom is -0.324 e. The van der Waals surface area contributed by atoms with Gasteiger partial charge in [-0.2, -0.15) is 0 Å². The fraction of sp³-hybridized carbons (Fsp3) is 0.143. The zero-order valence-corrected chi connectivity index (χ0v) is 17.5. The molecule has 0 aliphatic heterocycles. The van der Waals surface area contributed by atoms with Gasteiger partial charge in [0.1, 0.15) is 11.7 Å². The van der Waals surface area contributed by atoms with Crippen LogP contribution in [0.2, 0.25) is 5.15 Å². The van der Waals surface area contributed by atoms with Gasteiger partial charge in [0.05, 0.1) is 10.6 Å². The number of hydrogen-bond acceptors (Lipinski definition) is 4. The van der Waals surface area contributed by atoms with E-state index in [1.807, 2.05) is 26.0 Å². The number of hydrogen-bond donors (Lipinski definition) is 1. The number of pyridine rings is 1. The van der Waals surface area contributed by atoms with Crippen molar-refractivity contribution in [1.29, 1.82) is 0 Å². The molecule has 2 aromatic carbocycles. The third-order valence-electron chi connectivity index (χ3n) is 4.26. The Bertz CT molecular complexity index is 1130. The summed E-state index contributed by atoms with van der Waals surface area (Å²) < 4.78 is 27.8. The van der Waals surface area contributed by atoms with E-state index in [0.717, 1.165) is 15.4 Å². The number of carbonyl (C=O) groups excluding carboxylic acids is 1. The summed E-state index contributed by atoms with van der Waals surface area (Å²) in [5.74, 6) is -0.493. The van der Waals surface area contributed by atoms with Crippen molar-refractivity contribution in [1.82, 2.24) is 4.98 Å². The number of benzene rings is 2. The van der Waals surface area contributed by atoms with Crippen LogP contribution in [-0.4, -0.2) is 25.9 Å². The second-order valence-corrected chi connectivity index (χ2v) is 8.78. The number of anilines is 2. The Hall–Kier alpha value is -2.90. The Morgan fingerprint density at radius 1 is 1.07 bits per heavy atom. The van der Waals surface area contributed by atoms with Gasteiger partial charge in [-0.3, -0.25) is 9.10 Å². The van der Waals surface area contributed by atoms with Gasteiger partial charge in [-0.05, 0) is 55.3 Å². The molecular weight excluding hydrogens is 410 g/mol. The second kappa shape index (κ2) is 8.63. The van der Waals surface area contributed by atoms with Crippen molar-refractivity contribution in [2.24, 2.45) is 0 Å². The standard InChI is InChI=1S/C21H20ClN3O3S/c1-15-8-9-16(2)19(12-15)25(29(27,28)18-6-4-3-5-7-18)14-21(26)24-17-10-11-23-20(22)13-17/h3-13H,14H2,1-2H3,(H,23,24,26). The van der Waals surface area contributed by atoms with Crippen LogP contribution in [-0.2, 0) is 14.8 Å². The fourth-order valence-corrected chi connectivity index (χ4v) is 4.49. The summed E-state index contributed by atoms with van der Waals surface area (Å²) >= 11 is 5.85. The largest absolute Gasteiger partial charge is 0.324 e. The predicted molar refractivity (Wildman–Crippen MR) is 115 cm³/mol. The maximum absolute atomic E-state index is 13.4. The number of nitrogens with zero attached hydrogens (tertiary/aromatic N) is 2. The average molecular weight is 430 g/mol. The molecule has 29 heavy (non-hydrogen) atoms. The highest BCUT2D eigenvalue weighted by molar-refractivity contribution is 7.92. The van der Waals surface area contributed by atoms with Crippen LogP contribution in [0.1, 0.15) is 11.1 Å². The van der Waals surface area contributed by atoms with Gasteiger partial charge in [0, 0.05) is 11.9 Å². The van der Waals surface area contributed by atoms with Gasteiger partial charge in [0.15, 0.2) is 0 Å². The SMILES string of the molecule is Cc1ccc(C)c(N(CC(=O)Nc2ccnc(Cl)c2)S(=O)(=O)c2ccccc2)c1. The number of aromatic nitrogens is 1. The second-order valence-electron chi connectivity index (χ2n) is 6.53. The predicted octanol–water partition coefficient (Wildman–Crippen LogP) is 4.19. The molecule has 0 bridgehead atoms. The van der Waals surface area contributed by atoms with Crippen molar-refractivity contribution in [3.05, 3.63) is 83.1 Å². The van der Waals surface area contributed by atoms with Crippen LogP contribution in [0, 0.1) is 13.8 Å². The zero-order chi connectivity index (χ0) is 21.0. The Kier molecular flexibility index (Phi) is 6.20. The summed E-state index contributed by atoms with van der Waals surface area (Å²) in [5.41, 5.74) is 2.53. The van der Waals surface area contributed by atoms with Crippen LogP contribution < -0.4 is 9.62 Å². The van der Waals surface area contributed by atoms with Crippen molar-refractivity contribution >= 4 is 38.9 Å². The molecule has 0 spiro atoms. The van der Waals surface area contributed by atoms with Gasteiger partial charge in [0.25, 0.3) is 10.0 Å². The number of aryl methyl sites for hydroxylation is 2. The highest BCUT2D eigenvalue weighted by atomic mass is 35.5. The lowest BCUT2D eigenvalue weighted by molar-refractivity contribution is -0.114. The van der Waals surface area contributed by atoms with E-state index in [0.29, 0.717) is 11.4 Å². The van der Waals surface area contributed by atoms with Crippen LogP contribution >= 0.6 is 11.6 Å². The molecule has 0 saturated heterocycles. The molecule has 0 aliphatic rings. The molecule has 0 fully saturated rings. The fourth-order valence-electron chi connectivity index (χ4n) is 2.82. The van der Waals surface area contributed by atoms with Crippen LogP contribution in [0.3, 0.4) is 0 Å². The average Bonchev–Trinajstić information content (AvgIpc) is 2.69. The van der Waals surface area contributed by atoms with Gasteiger partial charge in [-0.15, -0.1) is 0 Å². The summed E-state index contributed by atoms with van der Waals surface area (Å²) in [6, 6.07) is 16.6. The van der Waals surface area contributed by atoms with Crippen molar-refractivity contribution in [3.63, 3.8) is 0 Å². The lowest BCUT2D eigenvalue weighted by atomic mass is 10.1. The first-order valence-electron chi connectivity index (χ1n) is 8.84. The van der Waals surface area contributed by atoms with E-state index in [1.54, 1.807) is 30.3 Å². The topological polar surface area (TPSA) is 79.4 Å². The molecule has 3 aromatic rings. The molecule has 8 heteroatoms. The van der Waals surface area contributed by atoms with E-state index in [2.05, 4.69) is 10.3 Å². The molecular formula is C21H20ClN3O3S. The van der Waals surface area contributed by atoms with Gasteiger partial charge >= 0.3 is 0 Å². The van der Waals surface area contributed by atoms with Gasteiger partial charge in [0.2, 0.25) is 5.91 Å². The molecule has 0 aliphatic carbocycles. The molecule has 1 N–H and O–H groups in total. The molecule has 1 heterocycles. The van der Waals surface area contributed by atoms with Crippen molar-refractivity contribution in [2.45, 2.75) is 18.7 Å². The number of carbonyl (C=O) groups is 1. The summed E-state index contributed by atoms with van der Waals surface area (Å²) in [4.78, 5) is 16.7. The quantitative estimate of drug-likeness (QED) is 0.596. The Balaban J connectivity index is 1.99. The van der Waals surface area contributed by atoms with E-state index >= 15 is 0 Å². The van der Waals surface area contributed by atoms with Crippen molar-refractivity contribution in [2.75, 3.05) is 16.2 Å². The van der Waals surface area contributed by atoms with E-state index < -0.39 is 15.9 Å². The van der Waals surface area contributed by atoms with Crippen LogP contribution in [0.25, 0.3) is 0 Å². The van der Waals surface area contributed by atoms with E-state index in [1.165, 1.54) is 24.4 Å². The maximum atomic E-state index is 13.4. The van der Waals surface area contributed by atoms with Crippen LogP contribution in [0.4, 0.5) is 11.4 Å². The molecule has 6 nitrogen and oxygen atoms in total. The van der Waals surface area contributed by atoms with Gasteiger partial charge in [-0.25, -0.2) is 13.4 Å². The summed E-state index contributed by atoms with van der Waals surface area (Å²) in [5, 5.41) is 2.90. The molecule has 150 valence electrons. The first-order chi connectivity index (χ1) is 13.8. The van der Waals surface area contributed by atoms with E-state index in [4.69, 9.17) is 11.6 Å². The summed E-state index contributed by atoms with van der Waals surface area (Å²) in [7, 11) is -3.95. The summed E-state index contributed by atoms with van der Waals surface area (Å²) in [6.45, 7) is 3.29. The van der Waals surface area contributed by atoms with Crippen molar-refractivity contribution in [3.8, 4) is 0 Å². The molecule has 0 unspecified atom stereocenters. The number of halogens is 1. The molecule has 1 amide bonds. The van der Waals surface area contributed by atoms with Crippen LogP contribution in [0.15, 0.2) is 71.8 Å². The Labute approximate surface area is 175 Å². The first-order valence-corrected chi connectivity index (χ1v) is 10.7. The smallest absolute Gasteiger partial charge is 0.264 e. The van der Waals surface area contributed by atoms with Crippen molar-refractivity contribution < 1.29 is 13.2 Å².